The van der Waals surface area contributed by atoms with Gasteiger partial charge in [0.05, 0.1) is 10.2 Å². The Labute approximate surface area is 145 Å². The summed E-state index contributed by atoms with van der Waals surface area (Å²) in [7, 11) is 0. The molecule has 0 radical (unpaired) electrons. The SMILES string of the molecule is C1=NN=N[N+]1(c1ccccc1)c1ccccc1.Cc1csc(C)n1. The number of nitrogens with zero attached hydrogens (tertiary/aromatic N) is 5. The highest BCUT2D eigenvalue weighted by Crippen LogP contribution is 2.35. The lowest BCUT2D eigenvalue weighted by Crippen LogP contribution is -2.34. The number of para-hydroxylation sites is 2. The first-order chi connectivity index (χ1) is 11.7. The minimum atomic E-state index is 0.196. The van der Waals surface area contributed by atoms with Gasteiger partial charge >= 0.3 is 0 Å². The molecule has 3 aromatic rings. The quantitative estimate of drug-likeness (QED) is 0.577. The minimum Gasteiger partial charge on any atom is -0.247 e. The standard InChI is InChI=1S/C13H11N4.C5H7NS/c1-3-7-12(8-4-1)17(11-14-15-16-17)13-9-5-2-6-10-13;1-4-3-7-5(2)6-4/h1-11H;3H,1-2H3/q+1;. The van der Waals surface area contributed by atoms with E-state index in [9.17, 15) is 0 Å². The molecule has 0 spiro atoms. The molecule has 0 N–H and O–H groups in total. The molecule has 1 aromatic heterocycles. The molecule has 4 rings (SSSR count). The number of benzene rings is 2. The zero-order chi connectivity index (χ0) is 16.8. The number of hydrogen-bond acceptors (Lipinski definition) is 5. The molecule has 120 valence electrons. The number of rotatable bonds is 2. The summed E-state index contributed by atoms with van der Waals surface area (Å²) in [5.41, 5.74) is 3.16. The molecule has 6 heteroatoms. The van der Waals surface area contributed by atoms with E-state index in [1.165, 1.54) is 0 Å². The van der Waals surface area contributed by atoms with Crippen molar-refractivity contribution in [2.24, 2.45) is 15.5 Å². The molecule has 2 heterocycles. The van der Waals surface area contributed by atoms with Gasteiger partial charge in [0.2, 0.25) is 6.34 Å². The largest absolute Gasteiger partial charge is 0.250 e. The van der Waals surface area contributed by atoms with E-state index < -0.39 is 0 Å². The third-order valence-corrected chi connectivity index (χ3v) is 4.38. The fourth-order valence-electron chi connectivity index (χ4n) is 2.37. The number of thiazole rings is 1. The second kappa shape index (κ2) is 7.25. The van der Waals surface area contributed by atoms with Crippen molar-refractivity contribution in [2.75, 3.05) is 0 Å². The van der Waals surface area contributed by atoms with E-state index in [1.807, 2.05) is 74.5 Å². The van der Waals surface area contributed by atoms with E-state index in [1.54, 1.807) is 17.7 Å². The molecule has 0 unspecified atom stereocenters. The van der Waals surface area contributed by atoms with E-state index in [4.69, 9.17) is 0 Å². The van der Waals surface area contributed by atoms with Crippen LogP contribution < -0.4 is 4.59 Å². The summed E-state index contributed by atoms with van der Waals surface area (Å²) in [5.74, 6) is 0. The third kappa shape index (κ3) is 3.45. The maximum Gasteiger partial charge on any atom is 0.250 e. The van der Waals surface area contributed by atoms with Crippen LogP contribution in [0.15, 0.2) is 81.6 Å². The van der Waals surface area contributed by atoms with Crippen LogP contribution in [0.4, 0.5) is 11.4 Å². The van der Waals surface area contributed by atoms with Crippen LogP contribution in [0.3, 0.4) is 0 Å². The average Bonchev–Trinajstić information content (AvgIpc) is 3.27. The van der Waals surface area contributed by atoms with Crippen molar-refractivity contribution in [1.29, 1.82) is 0 Å². The second-order valence-corrected chi connectivity index (χ2v) is 6.34. The highest BCUT2D eigenvalue weighted by Gasteiger charge is 2.36. The normalized spacial score (nSPS) is 14.2. The van der Waals surface area contributed by atoms with Crippen molar-refractivity contribution in [2.45, 2.75) is 13.8 Å². The summed E-state index contributed by atoms with van der Waals surface area (Å²) < 4.78 is 0.196. The Balaban J connectivity index is 0.000000203. The Hall–Kier alpha value is -2.70. The highest BCUT2D eigenvalue weighted by atomic mass is 32.1. The van der Waals surface area contributed by atoms with E-state index >= 15 is 0 Å². The van der Waals surface area contributed by atoms with Gasteiger partial charge in [0.15, 0.2) is 11.4 Å². The summed E-state index contributed by atoms with van der Waals surface area (Å²) in [6.07, 6.45) is 1.73. The van der Waals surface area contributed by atoms with Gasteiger partial charge in [0.25, 0.3) is 0 Å². The molecule has 0 fully saturated rings. The van der Waals surface area contributed by atoms with Crippen LogP contribution in [0.5, 0.6) is 0 Å². The fraction of sp³-hybridized carbons (Fsp3) is 0.111. The van der Waals surface area contributed by atoms with E-state index in [0.29, 0.717) is 0 Å². The minimum absolute atomic E-state index is 0.196. The van der Waals surface area contributed by atoms with Crippen LogP contribution in [0.2, 0.25) is 0 Å². The predicted molar refractivity (Wildman–Crippen MR) is 99.3 cm³/mol. The van der Waals surface area contributed by atoms with Crippen molar-refractivity contribution >= 4 is 29.1 Å². The molecule has 1 aliphatic heterocycles. The maximum absolute atomic E-state index is 4.25. The Morgan fingerprint density at radius 1 is 0.833 bits per heavy atom. The van der Waals surface area contributed by atoms with Crippen molar-refractivity contribution in [3.8, 4) is 0 Å². The zero-order valence-corrected chi connectivity index (χ0v) is 14.4. The first kappa shape index (κ1) is 16.2. The topological polar surface area (TPSA) is 50.0 Å². The average molecular weight is 336 g/mol. The van der Waals surface area contributed by atoms with Gasteiger partial charge in [0, 0.05) is 40.6 Å². The molecule has 0 saturated carbocycles. The van der Waals surface area contributed by atoms with Crippen LogP contribution in [0, 0.1) is 13.8 Å². The van der Waals surface area contributed by atoms with E-state index in [0.717, 1.165) is 22.1 Å². The molecule has 0 saturated heterocycles. The summed E-state index contributed by atoms with van der Waals surface area (Å²) in [4.78, 5) is 4.13. The molecule has 0 bridgehead atoms. The molecule has 0 aliphatic carbocycles. The summed E-state index contributed by atoms with van der Waals surface area (Å²) in [6.45, 7) is 4.02. The number of hydrogen-bond donors (Lipinski definition) is 0. The molecule has 0 amide bonds. The van der Waals surface area contributed by atoms with Gasteiger partial charge in [-0.15, -0.1) is 11.3 Å². The van der Waals surface area contributed by atoms with Crippen molar-refractivity contribution in [3.05, 3.63) is 76.7 Å². The molecule has 0 atom stereocenters. The van der Waals surface area contributed by atoms with Crippen LogP contribution >= 0.6 is 11.3 Å². The number of aryl methyl sites for hydroxylation is 2. The number of aromatic nitrogens is 1. The highest BCUT2D eigenvalue weighted by molar-refractivity contribution is 7.09. The van der Waals surface area contributed by atoms with Gasteiger partial charge in [0.1, 0.15) is 0 Å². The Kier molecular flexibility index (Phi) is 4.88. The first-order valence-electron chi connectivity index (χ1n) is 7.56. The Morgan fingerprint density at radius 2 is 1.42 bits per heavy atom. The molecule has 24 heavy (non-hydrogen) atoms. The van der Waals surface area contributed by atoms with Crippen molar-refractivity contribution in [3.63, 3.8) is 0 Å². The van der Waals surface area contributed by atoms with Crippen LogP contribution in [0.25, 0.3) is 0 Å². The van der Waals surface area contributed by atoms with Crippen LogP contribution in [-0.4, -0.2) is 11.3 Å². The van der Waals surface area contributed by atoms with E-state index in [-0.39, 0.29) is 4.59 Å². The Bertz CT molecular complexity index is 770. The summed E-state index contributed by atoms with van der Waals surface area (Å²) in [6, 6.07) is 20.0. The lowest BCUT2D eigenvalue weighted by atomic mass is 10.2. The molecule has 5 nitrogen and oxygen atoms in total. The first-order valence-corrected chi connectivity index (χ1v) is 8.44. The lowest BCUT2D eigenvalue weighted by Gasteiger charge is -2.20. The predicted octanol–water partition coefficient (Wildman–Crippen LogP) is 5.41. The summed E-state index contributed by atoms with van der Waals surface area (Å²) in [5, 5.41) is 15.1. The monoisotopic (exact) mass is 336 g/mol. The third-order valence-electron chi connectivity index (χ3n) is 3.48. The molecular weight excluding hydrogens is 318 g/mol. The van der Waals surface area contributed by atoms with Gasteiger partial charge in [-0.1, -0.05) is 46.1 Å². The van der Waals surface area contributed by atoms with Gasteiger partial charge < -0.3 is 0 Å². The molecular formula is C18H18N5S+. The van der Waals surface area contributed by atoms with Crippen molar-refractivity contribution < 1.29 is 0 Å². The van der Waals surface area contributed by atoms with Gasteiger partial charge in [-0.25, -0.2) is 4.98 Å². The maximum atomic E-state index is 4.25. The second-order valence-electron chi connectivity index (χ2n) is 5.27. The van der Waals surface area contributed by atoms with Crippen molar-refractivity contribution in [1.82, 2.24) is 9.58 Å². The van der Waals surface area contributed by atoms with Crippen LogP contribution in [-0.2, 0) is 0 Å². The summed E-state index contributed by atoms with van der Waals surface area (Å²) >= 11 is 1.69. The van der Waals surface area contributed by atoms with Gasteiger partial charge in [-0.2, -0.15) is 0 Å². The fourth-order valence-corrected chi connectivity index (χ4v) is 2.97. The molecule has 2 aromatic carbocycles. The van der Waals surface area contributed by atoms with E-state index in [2.05, 4.69) is 25.9 Å². The lowest BCUT2D eigenvalue weighted by molar-refractivity contribution is 0.586. The smallest absolute Gasteiger partial charge is 0.247 e. The zero-order valence-electron chi connectivity index (χ0n) is 13.6. The Morgan fingerprint density at radius 3 is 1.75 bits per heavy atom. The molecule has 1 aliphatic rings. The number of quaternary nitrogens is 1. The van der Waals surface area contributed by atoms with Crippen LogP contribution in [0.1, 0.15) is 10.7 Å². The van der Waals surface area contributed by atoms with Gasteiger partial charge in [-0.05, 0) is 13.8 Å². The van der Waals surface area contributed by atoms with Gasteiger partial charge in [-0.3, -0.25) is 0 Å².